The summed E-state index contributed by atoms with van der Waals surface area (Å²) >= 11 is 5.59. The average molecular weight is 447 g/mol. The molecule has 0 radical (unpaired) electrons. The lowest BCUT2D eigenvalue weighted by molar-refractivity contribution is 0.103. The molecule has 20 heavy (non-hydrogen) atoms. The van der Waals surface area contributed by atoms with Gasteiger partial charge in [-0.3, -0.25) is 4.79 Å². The first kappa shape index (κ1) is 15.3. The molecule has 0 heterocycles. The maximum atomic E-state index is 12.6. The second-order valence-corrected chi connectivity index (χ2v) is 6.13. The molecule has 0 saturated carbocycles. The van der Waals surface area contributed by atoms with Crippen LogP contribution in [0.3, 0.4) is 0 Å². The van der Waals surface area contributed by atoms with Crippen LogP contribution in [0.5, 0.6) is 11.5 Å². The second kappa shape index (κ2) is 6.58. The van der Waals surface area contributed by atoms with E-state index in [0.29, 0.717) is 27.1 Å². The van der Waals surface area contributed by atoms with Crippen LogP contribution in [0.25, 0.3) is 0 Å². The fraction of sp³-hybridized carbons (Fsp3) is 0.133. The molecule has 0 spiro atoms. The number of rotatable bonds is 4. The molecule has 0 bridgehead atoms. The predicted octanol–water partition coefficient (Wildman–Crippen LogP) is 4.30. The van der Waals surface area contributed by atoms with Gasteiger partial charge in [0.1, 0.15) is 0 Å². The molecule has 0 aromatic heterocycles. The van der Waals surface area contributed by atoms with E-state index >= 15 is 0 Å². The summed E-state index contributed by atoms with van der Waals surface area (Å²) in [5, 5.41) is 0. The molecule has 0 aliphatic carbocycles. The molecule has 3 nitrogen and oxygen atoms in total. The highest BCUT2D eigenvalue weighted by Crippen LogP contribution is 2.34. The summed E-state index contributed by atoms with van der Waals surface area (Å²) in [4.78, 5) is 12.6. The Kier molecular flexibility index (Phi) is 5.04. The molecular weight excluding hydrogens is 435 g/mol. The van der Waals surface area contributed by atoms with E-state index in [1.807, 2.05) is 18.2 Å². The summed E-state index contributed by atoms with van der Waals surface area (Å²) < 4.78 is 12.1. The van der Waals surface area contributed by atoms with Crippen molar-refractivity contribution in [2.45, 2.75) is 0 Å². The number of carbonyl (C=O) groups excluding carboxylic acids is 1. The van der Waals surface area contributed by atoms with Gasteiger partial charge in [-0.2, -0.15) is 0 Å². The molecule has 0 N–H and O–H groups in total. The van der Waals surface area contributed by atoms with Gasteiger partial charge in [0.25, 0.3) is 0 Å². The molecule has 5 heteroatoms. The smallest absolute Gasteiger partial charge is 0.194 e. The SMILES string of the molecule is COc1cc(Br)c(C(=O)c2cccc(I)c2)cc1OC. The number of methoxy groups -OCH3 is 2. The van der Waals surface area contributed by atoms with Crippen LogP contribution in [0.1, 0.15) is 15.9 Å². The summed E-state index contributed by atoms with van der Waals surface area (Å²) in [7, 11) is 3.11. The molecule has 0 saturated heterocycles. The molecule has 0 atom stereocenters. The minimum Gasteiger partial charge on any atom is -0.493 e. The Morgan fingerprint density at radius 1 is 1.10 bits per heavy atom. The Balaban J connectivity index is 2.49. The second-order valence-electron chi connectivity index (χ2n) is 4.03. The highest BCUT2D eigenvalue weighted by molar-refractivity contribution is 14.1. The van der Waals surface area contributed by atoms with Crippen LogP contribution in [-0.2, 0) is 0 Å². The van der Waals surface area contributed by atoms with Gasteiger partial charge in [-0.25, -0.2) is 0 Å². The first-order valence-corrected chi connectivity index (χ1v) is 7.65. The highest BCUT2D eigenvalue weighted by atomic mass is 127. The Hall–Kier alpha value is -1.08. The maximum absolute atomic E-state index is 12.6. The van der Waals surface area contributed by atoms with Gasteiger partial charge >= 0.3 is 0 Å². The standard InChI is InChI=1S/C15H12BrIO3/c1-19-13-7-11(12(16)8-14(13)20-2)15(18)9-4-3-5-10(17)6-9/h3-8H,1-2H3. The van der Waals surface area contributed by atoms with Crippen LogP contribution in [0.4, 0.5) is 0 Å². The summed E-state index contributed by atoms with van der Waals surface area (Å²) in [5.74, 6) is 1.06. The van der Waals surface area contributed by atoms with Crippen LogP contribution in [-0.4, -0.2) is 20.0 Å². The molecule has 2 aromatic rings. The number of carbonyl (C=O) groups is 1. The summed E-state index contributed by atoms with van der Waals surface area (Å²) in [5.41, 5.74) is 1.19. The van der Waals surface area contributed by atoms with Gasteiger partial charge in [-0.15, -0.1) is 0 Å². The molecule has 0 aliphatic heterocycles. The fourth-order valence-electron chi connectivity index (χ4n) is 1.81. The van der Waals surface area contributed by atoms with Crippen molar-refractivity contribution in [3.63, 3.8) is 0 Å². The van der Waals surface area contributed by atoms with E-state index in [1.165, 1.54) is 0 Å². The number of benzene rings is 2. The zero-order valence-electron chi connectivity index (χ0n) is 10.9. The maximum Gasteiger partial charge on any atom is 0.194 e. The third-order valence-electron chi connectivity index (χ3n) is 2.80. The van der Waals surface area contributed by atoms with Crippen LogP contribution in [0, 0.1) is 3.57 Å². The minimum absolute atomic E-state index is 0.0589. The van der Waals surface area contributed by atoms with Crippen LogP contribution in [0.2, 0.25) is 0 Å². The molecular formula is C15H12BrIO3. The van der Waals surface area contributed by atoms with Gasteiger partial charge in [-0.1, -0.05) is 12.1 Å². The Labute approximate surface area is 139 Å². The number of ketones is 1. The molecule has 0 fully saturated rings. The molecule has 0 unspecified atom stereocenters. The van der Waals surface area contributed by atoms with Crippen molar-refractivity contribution in [1.29, 1.82) is 0 Å². The largest absolute Gasteiger partial charge is 0.493 e. The van der Waals surface area contributed by atoms with Gasteiger partial charge in [0.2, 0.25) is 0 Å². The third-order valence-corrected chi connectivity index (χ3v) is 4.13. The third kappa shape index (κ3) is 3.15. The van der Waals surface area contributed by atoms with E-state index in [4.69, 9.17) is 9.47 Å². The lowest BCUT2D eigenvalue weighted by atomic mass is 10.0. The first-order valence-electron chi connectivity index (χ1n) is 5.78. The lowest BCUT2D eigenvalue weighted by Gasteiger charge is -2.11. The normalized spacial score (nSPS) is 10.2. The minimum atomic E-state index is -0.0589. The van der Waals surface area contributed by atoms with Crippen molar-refractivity contribution in [3.05, 3.63) is 55.6 Å². The Morgan fingerprint density at radius 2 is 1.75 bits per heavy atom. The first-order chi connectivity index (χ1) is 9.56. The van der Waals surface area contributed by atoms with Crippen molar-refractivity contribution in [2.24, 2.45) is 0 Å². The van der Waals surface area contributed by atoms with Crippen LogP contribution in [0.15, 0.2) is 40.9 Å². The topological polar surface area (TPSA) is 35.5 Å². The van der Waals surface area contributed by atoms with Gasteiger partial charge in [0.15, 0.2) is 17.3 Å². The zero-order valence-corrected chi connectivity index (χ0v) is 14.7. The number of ether oxygens (including phenoxy) is 2. The van der Waals surface area contributed by atoms with Gasteiger partial charge < -0.3 is 9.47 Å². The van der Waals surface area contributed by atoms with E-state index < -0.39 is 0 Å². The van der Waals surface area contributed by atoms with Crippen molar-refractivity contribution in [2.75, 3.05) is 14.2 Å². The van der Waals surface area contributed by atoms with E-state index in [0.717, 1.165) is 3.57 Å². The number of hydrogen-bond acceptors (Lipinski definition) is 3. The predicted molar refractivity (Wildman–Crippen MR) is 89.8 cm³/mol. The summed E-state index contributed by atoms with van der Waals surface area (Å²) in [6.07, 6.45) is 0. The van der Waals surface area contributed by atoms with Gasteiger partial charge in [0.05, 0.1) is 14.2 Å². The zero-order chi connectivity index (χ0) is 14.7. The van der Waals surface area contributed by atoms with Crippen molar-refractivity contribution >= 4 is 44.3 Å². The Morgan fingerprint density at radius 3 is 2.35 bits per heavy atom. The molecule has 0 aliphatic rings. The Bertz CT molecular complexity index is 656. The summed E-state index contributed by atoms with van der Waals surface area (Å²) in [6.45, 7) is 0. The van der Waals surface area contributed by atoms with Gasteiger partial charge in [-0.05, 0) is 62.8 Å². The van der Waals surface area contributed by atoms with Crippen molar-refractivity contribution in [1.82, 2.24) is 0 Å². The monoisotopic (exact) mass is 446 g/mol. The van der Waals surface area contributed by atoms with E-state index in [-0.39, 0.29) is 5.78 Å². The van der Waals surface area contributed by atoms with E-state index in [2.05, 4.69) is 38.5 Å². The van der Waals surface area contributed by atoms with E-state index in [1.54, 1.807) is 32.4 Å². The number of halogens is 2. The molecule has 104 valence electrons. The lowest BCUT2D eigenvalue weighted by Crippen LogP contribution is -2.04. The van der Waals surface area contributed by atoms with Crippen molar-refractivity contribution in [3.8, 4) is 11.5 Å². The summed E-state index contributed by atoms with van der Waals surface area (Å²) in [6, 6.07) is 10.9. The molecule has 0 amide bonds. The molecule has 2 rings (SSSR count). The van der Waals surface area contributed by atoms with Crippen molar-refractivity contribution < 1.29 is 14.3 Å². The quantitative estimate of drug-likeness (QED) is 0.518. The molecule has 2 aromatic carbocycles. The van der Waals surface area contributed by atoms with Crippen LogP contribution >= 0.6 is 38.5 Å². The average Bonchev–Trinajstić information content (AvgIpc) is 2.46. The fourth-order valence-corrected chi connectivity index (χ4v) is 2.86. The van der Waals surface area contributed by atoms with E-state index in [9.17, 15) is 4.79 Å². The van der Waals surface area contributed by atoms with Crippen LogP contribution < -0.4 is 9.47 Å². The number of hydrogen-bond donors (Lipinski definition) is 0. The highest BCUT2D eigenvalue weighted by Gasteiger charge is 2.17. The van der Waals surface area contributed by atoms with Gasteiger partial charge in [0, 0.05) is 19.2 Å².